The Morgan fingerprint density at radius 3 is 2.60 bits per heavy atom. The Hall–Kier alpha value is -1.52. The highest BCUT2D eigenvalue weighted by molar-refractivity contribution is 5.89. The summed E-state index contributed by atoms with van der Waals surface area (Å²) in [6.45, 7) is 3.57. The lowest BCUT2D eigenvalue weighted by atomic mass is 10.6. The van der Waals surface area contributed by atoms with E-state index in [1.807, 2.05) is 0 Å². The van der Waals surface area contributed by atoms with Crippen LogP contribution in [-0.4, -0.2) is 23.8 Å². The van der Waals surface area contributed by atoms with Crippen molar-refractivity contribution < 1.29 is 14.7 Å². The van der Waals surface area contributed by atoms with Crippen molar-refractivity contribution in [3.05, 3.63) is 12.7 Å². The van der Waals surface area contributed by atoms with Gasteiger partial charge in [-0.3, -0.25) is 0 Å². The van der Waals surface area contributed by atoms with Crippen molar-refractivity contribution in [2.45, 2.75) is 0 Å². The lowest BCUT2D eigenvalue weighted by Gasteiger charge is -1.98. The van der Waals surface area contributed by atoms with Crippen molar-refractivity contribution in [3.8, 4) is 0 Å². The van der Waals surface area contributed by atoms with E-state index in [0.29, 0.717) is 0 Å². The van der Waals surface area contributed by atoms with Gasteiger partial charge in [-0.1, -0.05) is 6.08 Å². The number of nitrogens with one attached hydrogen (secondary N) is 2. The maximum Gasteiger partial charge on any atom is 0.412 e. The monoisotopic (exact) mass is 144 g/mol. The SMILES string of the molecule is C=CCNC(=O)NC(=O)O. The fourth-order valence-corrected chi connectivity index (χ4v) is 0.306. The van der Waals surface area contributed by atoms with E-state index in [2.05, 4.69) is 11.9 Å². The molecule has 0 bridgehead atoms. The van der Waals surface area contributed by atoms with Crippen LogP contribution in [-0.2, 0) is 0 Å². The first-order valence-electron chi connectivity index (χ1n) is 2.55. The average Bonchev–Trinajstić information content (AvgIpc) is 1.82. The van der Waals surface area contributed by atoms with Crippen LogP contribution < -0.4 is 10.6 Å². The van der Waals surface area contributed by atoms with Crippen LogP contribution in [0.4, 0.5) is 9.59 Å². The predicted octanol–water partition coefficient (Wildman–Crippen LogP) is 0.150. The van der Waals surface area contributed by atoms with E-state index in [1.165, 1.54) is 6.08 Å². The minimum atomic E-state index is -1.37. The van der Waals surface area contributed by atoms with Crippen molar-refractivity contribution in [1.29, 1.82) is 0 Å². The number of hydrogen-bond donors (Lipinski definition) is 3. The molecule has 0 aliphatic rings. The Morgan fingerprint density at radius 2 is 2.20 bits per heavy atom. The Morgan fingerprint density at radius 1 is 1.60 bits per heavy atom. The molecule has 0 spiro atoms. The van der Waals surface area contributed by atoms with Crippen LogP contribution in [0.2, 0.25) is 0 Å². The zero-order valence-electron chi connectivity index (χ0n) is 5.26. The first-order valence-corrected chi connectivity index (χ1v) is 2.55. The number of carboxylic acid groups (broad SMARTS) is 1. The molecule has 0 aliphatic heterocycles. The molecule has 5 nitrogen and oxygen atoms in total. The largest absolute Gasteiger partial charge is 0.465 e. The van der Waals surface area contributed by atoms with Crippen molar-refractivity contribution in [2.24, 2.45) is 0 Å². The van der Waals surface area contributed by atoms with Gasteiger partial charge < -0.3 is 10.4 Å². The zero-order chi connectivity index (χ0) is 7.98. The van der Waals surface area contributed by atoms with Gasteiger partial charge in [-0.2, -0.15) is 0 Å². The number of urea groups is 1. The standard InChI is InChI=1S/C5H8N2O3/c1-2-3-6-4(8)7-5(9)10/h2H,1,3H2,(H,9,10)(H2,6,7,8). The summed E-state index contributed by atoms with van der Waals surface area (Å²) in [5, 5.41) is 11.8. The third kappa shape index (κ3) is 4.63. The quantitative estimate of drug-likeness (QED) is 0.482. The van der Waals surface area contributed by atoms with Crippen molar-refractivity contribution in [2.75, 3.05) is 6.54 Å². The lowest BCUT2D eigenvalue weighted by Crippen LogP contribution is -2.38. The van der Waals surface area contributed by atoms with E-state index in [0.717, 1.165) is 0 Å². The van der Waals surface area contributed by atoms with Crippen molar-refractivity contribution in [1.82, 2.24) is 10.6 Å². The fraction of sp³-hybridized carbons (Fsp3) is 0.200. The van der Waals surface area contributed by atoms with Crippen LogP contribution >= 0.6 is 0 Å². The van der Waals surface area contributed by atoms with E-state index in [4.69, 9.17) is 5.11 Å². The molecule has 0 saturated heterocycles. The molecule has 0 aromatic heterocycles. The predicted molar refractivity (Wildman–Crippen MR) is 34.8 cm³/mol. The summed E-state index contributed by atoms with van der Waals surface area (Å²) in [4.78, 5) is 20.1. The number of carbonyl (C=O) groups excluding carboxylic acids is 1. The summed E-state index contributed by atoms with van der Waals surface area (Å²) in [6.07, 6.45) is 0.0723. The number of amides is 3. The molecule has 0 aromatic rings. The van der Waals surface area contributed by atoms with Gasteiger partial charge in [0.15, 0.2) is 0 Å². The normalized spacial score (nSPS) is 8.00. The zero-order valence-corrected chi connectivity index (χ0v) is 5.26. The smallest absolute Gasteiger partial charge is 0.412 e. The van der Waals surface area contributed by atoms with Crippen LogP contribution in [0, 0.1) is 0 Å². The number of hydrogen-bond acceptors (Lipinski definition) is 2. The summed E-state index contributed by atoms with van der Waals surface area (Å²) in [6, 6.07) is -0.743. The van der Waals surface area contributed by atoms with Gasteiger partial charge in [-0.25, -0.2) is 14.9 Å². The molecule has 0 rings (SSSR count). The second kappa shape index (κ2) is 4.37. The molecule has 3 amide bonds. The second-order valence-corrected chi connectivity index (χ2v) is 1.43. The number of rotatable bonds is 2. The van der Waals surface area contributed by atoms with Gasteiger partial charge >= 0.3 is 12.1 Å². The van der Waals surface area contributed by atoms with Gasteiger partial charge in [-0.15, -0.1) is 6.58 Å². The molecule has 5 heteroatoms. The molecule has 0 heterocycles. The van der Waals surface area contributed by atoms with Crippen LogP contribution in [0.1, 0.15) is 0 Å². The van der Waals surface area contributed by atoms with E-state index < -0.39 is 12.1 Å². The summed E-state index contributed by atoms with van der Waals surface area (Å²) >= 11 is 0. The Labute approximate surface area is 57.7 Å². The van der Waals surface area contributed by atoms with Crippen LogP contribution in [0.3, 0.4) is 0 Å². The Kier molecular flexibility index (Phi) is 3.70. The average molecular weight is 144 g/mol. The topological polar surface area (TPSA) is 78.4 Å². The van der Waals surface area contributed by atoms with Gasteiger partial charge in [0, 0.05) is 6.54 Å². The van der Waals surface area contributed by atoms with Gasteiger partial charge in [0.1, 0.15) is 0 Å². The van der Waals surface area contributed by atoms with Crippen molar-refractivity contribution >= 4 is 12.1 Å². The van der Waals surface area contributed by atoms with Gasteiger partial charge in [0.05, 0.1) is 0 Å². The molecule has 0 aromatic carbocycles. The maximum atomic E-state index is 10.4. The highest BCUT2D eigenvalue weighted by Gasteiger charge is 2.00. The molecule has 10 heavy (non-hydrogen) atoms. The summed E-state index contributed by atoms with van der Waals surface area (Å²) < 4.78 is 0. The summed E-state index contributed by atoms with van der Waals surface area (Å²) in [5.41, 5.74) is 0. The highest BCUT2D eigenvalue weighted by Crippen LogP contribution is 1.65. The minimum absolute atomic E-state index is 0.249. The second-order valence-electron chi connectivity index (χ2n) is 1.43. The van der Waals surface area contributed by atoms with Crippen LogP contribution in [0.25, 0.3) is 0 Å². The summed E-state index contributed by atoms with van der Waals surface area (Å²) in [5.74, 6) is 0. The summed E-state index contributed by atoms with van der Waals surface area (Å²) in [7, 11) is 0. The molecule has 0 saturated carbocycles. The highest BCUT2D eigenvalue weighted by atomic mass is 16.4. The molecular formula is C5H8N2O3. The molecular weight excluding hydrogens is 136 g/mol. The third-order valence-corrected chi connectivity index (χ3v) is 0.627. The number of imide groups is 1. The lowest BCUT2D eigenvalue weighted by molar-refractivity contribution is 0.192. The fourth-order valence-electron chi connectivity index (χ4n) is 0.306. The Balaban J connectivity index is 3.43. The Bertz CT molecular complexity index is 155. The minimum Gasteiger partial charge on any atom is -0.465 e. The first kappa shape index (κ1) is 8.48. The third-order valence-electron chi connectivity index (χ3n) is 0.627. The van der Waals surface area contributed by atoms with Gasteiger partial charge in [0.25, 0.3) is 0 Å². The first-order chi connectivity index (χ1) is 4.66. The van der Waals surface area contributed by atoms with E-state index in [1.54, 1.807) is 5.32 Å². The maximum absolute atomic E-state index is 10.4. The number of carbonyl (C=O) groups is 2. The molecule has 0 fully saturated rings. The van der Waals surface area contributed by atoms with E-state index in [-0.39, 0.29) is 6.54 Å². The van der Waals surface area contributed by atoms with Gasteiger partial charge in [0.2, 0.25) is 0 Å². The molecule has 56 valence electrons. The van der Waals surface area contributed by atoms with Crippen molar-refractivity contribution in [3.63, 3.8) is 0 Å². The molecule has 0 aliphatic carbocycles. The van der Waals surface area contributed by atoms with E-state index >= 15 is 0 Å². The van der Waals surface area contributed by atoms with Gasteiger partial charge in [-0.05, 0) is 0 Å². The molecule has 0 unspecified atom stereocenters. The molecule has 0 radical (unpaired) electrons. The van der Waals surface area contributed by atoms with E-state index in [9.17, 15) is 9.59 Å². The molecule has 3 N–H and O–H groups in total. The van der Waals surface area contributed by atoms with Crippen LogP contribution in [0.5, 0.6) is 0 Å². The molecule has 0 atom stereocenters. The van der Waals surface area contributed by atoms with Crippen LogP contribution in [0.15, 0.2) is 12.7 Å².